The number of nitrogens with two attached hydrogens (primary N) is 1. The molecular formula is C15H17N3O3. The fraction of sp³-hybridized carbons (Fsp3) is 0.200. The lowest BCUT2D eigenvalue weighted by Gasteiger charge is -2.08. The van der Waals surface area contributed by atoms with Gasteiger partial charge in [-0.15, -0.1) is 0 Å². The summed E-state index contributed by atoms with van der Waals surface area (Å²) < 4.78 is 10.8. The van der Waals surface area contributed by atoms with Gasteiger partial charge < -0.3 is 20.4 Å². The first-order valence-corrected chi connectivity index (χ1v) is 6.34. The van der Waals surface area contributed by atoms with Gasteiger partial charge in [-0.2, -0.15) is 0 Å². The van der Waals surface area contributed by atoms with Crippen molar-refractivity contribution in [2.75, 3.05) is 7.11 Å². The van der Waals surface area contributed by atoms with E-state index < -0.39 is 0 Å². The summed E-state index contributed by atoms with van der Waals surface area (Å²) in [6, 6.07) is 10.6. The first kappa shape index (κ1) is 14.6. The highest BCUT2D eigenvalue weighted by atomic mass is 16.5. The number of nitrogens with zero attached hydrogens (tertiary/aromatic N) is 2. The Bertz CT molecular complexity index is 639. The Kier molecular flexibility index (Phi) is 4.61. The van der Waals surface area contributed by atoms with E-state index in [2.05, 4.69) is 10.1 Å². The molecule has 1 heterocycles. The molecule has 6 nitrogen and oxygen atoms in total. The highest BCUT2D eigenvalue weighted by Crippen LogP contribution is 2.17. The van der Waals surface area contributed by atoms with Crippen molar-refractivity contribution in [2.24, 2.45) is 10.9 Å². The molecule has 3 N–H and O–H groups in total. The molecule has 0 fully saturated rings. The summed E-state index contributed by atoms with van der Waals surface area (Å²) in [5, 5.41) is 11.5. The van der Waals surface area contributed by atoms with Gasteiger partial charge in [-0.25, -0.2) is 0 Å². The van der Waals surface area contributed by atoms with Gasteiger partial charge in [0.15, 0.2) is 5.84 Å². The van der Waals surface area contributed by atoms with E-state index in [4.69, 9.17) is 20.4 Å². The predicted molar refractivity (Wildman–Crippen MR) is 78.8 cm³/mol. The summed E-state index contributed by atoms with van der Waals surface area (Å²) in [5.74, 6) is 1.49. The van der Waals surface area contributed by atoms with Gasteiger partial charge in [-0.3, -0.25) is 4.98 Å². The number of aryl methyl sites for hydroxylation is 1. The topological polar surface area (TPSA) is 90.0 Å². The van der Waals surface area contributed by atoms with Crippen LogP contribution in [-0.2, 0) is 6.61 Å². The molecule has 1 aromatic carbocycles. The van der Waals surface area contributed by atoms with Crippen LogP contribution in [0.15, 0.2) is 41.6 Å². The average molecular weight is 287 g/mol. The number of amidine groups is 1. The predicted octanol–water partition coefficient (Wildman–Crippen LogP) is 2.07. The van der Waals surface area contributed by atoms with Gasteiger partial charge in [0, 0.05) is 23.4 Å². The normalized spacial score (nSPS) is 11.2. The Morgan fingerprint density at radius 1 is 1.24 bits per heavy atom. The maximum absolute atomic E-state index is 8.60. The van der Waals surface area contributed by atoms with Gasteiger partial charge in [0.25, 0.3) is 0 Å². The molecule has 0 unspecified atom stereocenters. The van der Waals surface area contributed by atoms with E-state index in [1.165, 1.54) is 0 Å². The van der Waals surface area contributed by atoms with Crippen LogP contribution in [-0.4, -0.2) is 23.1 Å². The van der Waals surface area contributed by atoms with Crippen molar-refractivity contribution in [2.45, 2.75) is 13.5 Å². The second-order valence-corrected chi connectivity index (χ2v) is 4.44. The van der Waals surface area contributed by atoms with Crippen LogP contribution in [0.25, 0.3) is 0 Å². The van der Waals surface area contributed by atoms with E-state index in [0.717, 1.165) is 17.1 Å². The molecule has 0 bridgehead atoms. The Hall–Kier alpha value is -2.76. The van der Waals surface area contributed by atoms with Gasteiger partial charge in [0.1, 0.15) is 18.1 Å². The number of pyridine rings is 1. The molecule has 6 heteroatoms. The van der Waals surface area contributed by atoms with Gasteiger partial charge in [-0.1, -0.05) is 5.16 Å². The van der Waals surface area contributed by atoms with Gasteiger partial charge >= 0.3 is 0 Å². The van der Waals surface area contributed by atoms with Gasteiger partial charge in [0.05, 0.1) is 12.8 Å². The van der Waals surface area contributed by atoms with Crippen LogP contribution < -0.4 is 15.2 Å². The van der Waals surface area contributed by atoms with Crippen molar-refractivity contribution in [1.82, 2.24) is 4.98 Å². The molecule has 21 heavy (non-hydrogen) atoms. The van der Waals surface area contributed by atoms with Crippen molar-refractivity contribution >= 4 is 5.84 Å². The molecule has 0 saturated carbocycles. The van der Waals surface area contributed by atoms with Crippen molar-refractivity contribution in [3.05, 3.63) is 53.3 Å². The lowest BCUT2D eigenvalue weighted by Crippen LogP contribution is -2.12. The second-order valence-electron chi connectivity index (χ2n) is 4.44. The Labute approximate surface area is 122 Å². The fourth-order valence-electron chi connectivity index (χ4n) is 1.83. The number of hydrogen-bond acceptors (Lipinski definition) is 5. The molecule has 110 valence electrons. The van der Waals surface area contributed by atoms with E-state index in [1.807, 2.05) is 19.1 Å². The minimum atomic E-state index is 0.0617. The molecule has 0 amide bonds. The monoisotopic (exact) mass is 287 g/mol. The Morgan fingerprint density at radius 3 is 2.57 bits per heavy atom. The van der Waals surface area contributed by atoms with Crippen LogP contribution in [0, 0.1) is 6.92 Å². The zero-order valence-electron chi connectivity index (χ0n) is 11.9. The molecule has 1 aromatic heterocycles. The number of ether oxygens (including phenoxy) is 2. The minimum Gasteiger partial charge on any atom is -0.497 e. The lowest BCUT2D eigenvalue weighted by molar-refractivity contribution is 0.299. The maximum Gasteiger partial charge on any atom is 0.170 e. The first-order chi connectivity index (χ1) is 10.1. The zero-order valence-corrected chi connectivity index (χ0v) is 11.9. The summed E-state index contributed by atoms with van der Waals surface area (Å²) >= 11 is 0. The summed E-state index contributed by atoms with van der Waals surface area (Å²) in [7, 11) is 1.62. The van der Waals surface area contributed by atoms with Crippen molar-refractivity contribution in [3.63, 3.8) is 0 Å². The average Bonchev–Trinajstić information content (AvgIpc) is 2.52. The number of hydrogen-bond donors (Lipinski definition) is 2. The second kappa shape index (κ2) is 6.60. The highest BCUT2D eigenvalue weighted by Gasteiger charge is 2.03. The van der Waals surface area contributed by atoms with E-state index >= 15 is 0 Å². The van der Waals surface area contributed by atoms with E-state index in [-0.39, 0.29) is 5.84 Å². The number of oxime groups is 1. The van der Waals surface area contributed by atoms with Crippen LogP contribution in [0.4, 0.5) is 0 Å². The number of benzene rings is 1. The maximum atomic E-state index is 8.60. The summed E-state index contributed by atoms with van der Waals surface area (Å²) in [6.07, 6.45) is 0. The molecule has 2 aromatic rings. The quantitative estimate of drug-likeness (QED) is 0.380. The molecule has 0 radical (unpaired) electrons. The number of rotatable bonds is 5. The molecule has 0 atom stereocenters. The van der Waals surface area contributed by atoms with Crippen LogP contribution in [0.5, 0.6) is 11.5 Å². The molecule has 0 aliphatic rings. The molecule has 0 aliphatic carbocycles. The molecule has 0 saturated heterocycles. The van der Waals surface area contributed by atoms with E-state index in [0.29, 0.717) is 17.9 Å². The fourth-order valence-corrected chi connectivity index (χ4v) is 1.83. The summed E-state index contributed by atoms with van der Waals surface area (Å²) in [6.45, 7) is 2.23. The van der Waals surface area contributed by atoms with Crippen LogP contribution in [0.3, 0.4) is 0 Å². The minimum absolute atomic E-state index is 0.0617. The Morgan fingerprint density at radius 2 is 1.95 bits per heavy atom. The summed E-state index contributed by atoms with van der Waals surface area (Å²) in [5.41, 5.74) is 7.77. The third-order valence-corrected chi connectivity index (χ3v) is 2.86. The lowest BCUT2D eigenvalue weighted by atomic mass is 10.2. The highest BCUT2D eigenvalue weighted by molar-refractivity contribution is 5.97. The zero-order chi connectivity index (χ0) is 15.2. The van der Waals surface area contributed by atoms with Crippen LogP contribution in [0.1, 0.15) is 17.0 Å². The third kappa shape index (κ3) is 3.85. The van der Waals surface area contributed by atoms with Gasteiger partial charge in [0.2, 0.25) is 0 Å². The van der Waals surface area contributed by atoms with E-state index in [9.17, 15) is 0 Å². The van der Waals surface area contributed by atoms with Crippen molar-refractivity contribution in [3.8, 4) is 11.5 Å². The summed E-state index contributed by atoms with van der Waals surface area (Å²) in [4.78, 5) is 4.38. The number of methoxy groups -OCH3 is 1. The molecular weight excluding hydrogens is 270 g/mol. The van der Waals surface area contributed by atoms with Crippen molar-refractivity contribution < 1.29 is 14.7 Å². The van der Waals surface area contributed by atoms with Crippen LogP contribution in [0.2, 0.25) is 0 Å². The van der Waals surface area contributed by atoms with E-state index in [1.54, 1.807) is 31.4 Å². The number of aromatic nitrogens is 1. The Balaban J connectivity index is 2.04. The molecule has 0 spiro atoms. The molecule has 2 rings (SSSR count). The smallest absolute Gasteiger partial charge is 0.170 e. The van der Waals surface area contributed by atoms with Gasteiger partial charge in [-0.05, 0) is 31.2 Å². The standard InChI is InChI=1S/C15H17N3O3/c1-10-7-14(20-2)8-12(17-10)9-21-13-5-3-11(4-6-13)15(16)18-19/h3-8,19H,9H2,1-2H3,(H2,16,18). The SMILES string of the molecule is COc1cc(C)nc(COc2ccc(/C(N)=N/O)cc2)c1. The molecule has 0 aliphatic heterocycles. The largest absolute Gasteiger partial charge is 0.497 e. The van der Waals surface area contributed by atoms with Crippen LogP contribution >= 0.6 is 0 Å². The third-order valence-electron chi connectivity index (χ3n) is 2.86. The first-order valence-electron chi connectivity index (χ1n) is 6.34. The van der Waals surface area contributed by atoms with Crippen molar-refractivity contribution in [1.29, 1.82) is 0 Å².